The third-order valence-electron chi connectivity index (χ3n) is 5.02. The summed E-state index contributed by atoms with van der Waals surface area (Å²) in [7, 11) is 0. The number of alkyl halides is 3. The van der Waals surface area contributed by atoms with E-state index in [1.54, 1.807) is 12.1 Å². The number of hydrogen-bond acceptors (Lipinski definition) is 3. The summed E-state index contributed by atoms with van der Waals surface area (Å²) in [5.41, 5.74) is 1.38. The van der Waals surface area contributed by atoms with E-state index in [1.165, 1.54) is 35.3 Å². The van der Waals surface area contributed by atoms with Crippen molar-refractivity contribution in [2.75, 3.05) is 13.2 Å². The van der Waals surface area contributed by atoms with Gasteiger partial charge in [0.05, 0.1) is 25.5 Å². The third kappa shape index (κ3) is 2.89. The summed E-state index contributed by atoms with van der Waals surface area (Å²) in [4.78, 5) is 0. The van der Waals surface area contributed by atoms with Crippen LogP contribution in [-0.2, 0) is 0 Å². The zero-order valence-corrected chi connectivity index (χ0v) is 14.5. The van der Waals surface area contributed by atoms with Gasteiger partial charge in [0.25, 0.3) is 0 Å². The van der Waals surface area contributed by atoms with E-state index >= 15 is 0 Å². The lowest BCUT2D eigenvalue weighted by Gasteiger charge is -2.17. The molecule has 2 N–H and O–H groups in total. The normalized spacial score (nSPS) is 15.8. The molecule has 0 fully saturated rings. The molecule has 28 heavy (non-hydrogen) atoms. The van der Waals surface area contributed by atoms with Crippen LogP contribution in [0.5, 0.6) is 0 Å². The number of halogens is 4. The molecule has 8 heteroatoms. The Hall–Kier alpha value is -2.71. The van der Waals surface area contributed by atoms with Gasteiger partial charge in [-0.3, -0.25) is 4.68 Å². The van der Waals surface area contributed by atoms with Crippen molar-refractivity contribution < 1.29 is 27.8 Å². The van der Waals surface area contributed by atoms with Crippen LogP contribution >= 0.6 is 0 Å². The minimum absolute atomic E-state index is 0.0906. The van der Waals surface area contributed by atoms with Crippen molar-refractivity contribution in [1.82, 2.24) is 9.78 Å². The Morgan fingerprint density at radius 3 is 2.43 bits per heavy atom. The smallest absolute Gasteiger partial charge is 0.394 e. The molecule has 1 aliphatic rings. The van der Waals surface area contributed by atoms with Crippen molar-refractivity contribution in [2.24, 2.45) is 0 Å². The first-order valence-corrected chi connectivity index (χ1v) is 8.60. The summed E-state index contributed by atoms with van der Waals surface area (Å²) in [6.45, 7) is -0.726. The van der Waals surface area contributed by atoms with E-state index in [2.05, 4.69) is 5.10 Å². The van der Waals surface area contributed by atoms with Gasteiger partial charge in [-0.05, 0) is 39.9 Å². The molecule has 4 rings (SSSR count). The number of aliphatic hydroxyl groups is 2. The minimum Gasteiger partial charge on any atom is -0.394 e. The van der Waals surface area contributed by atoms with Crippen LogP contribution in [0.3, 0.4) is 0 Å². The lowest BCUT2D eigenvalue weighted by atomic mass is 9.93. The van der Waals surface area contributed by atoms with Crippen molar-refractivity contribution in [1.29, 1.82) is 0 Å². The maximum Gasteiger partial charge on any atom is 0.399 e. The Balaban J connectivity index is 1.94. The molecule has 2 aromatic carbocycles. The van der Waals surface area contributed by atoms with Crippen molar-refractivity contribution in [2.45, 2.75) is 18.1 Å². The molecule has 0 aliphatic heterocycles. The van der Waals surface area contributed by atoms with Crippen LogP contribution in [0.4, 0.5) is 17.6 Å². The number of benzene rings is 2. The van der Waals surface area contributed by atoms with E-state index in [4.69, 9.17) is 0 Å². The first-order chi connectivity index (χ1) is 13.3. The molecule has 0 unspecified atom stereocenters. The van der Waals surface area contributed by atoms with Crippen molar-refractivity contribution in [3.05, 3.63) is 65.7 Å². The Morgan fingerprint density at radius 2 is 1.75 bits per heavy atom. The van der Waals surface area contributed by atoms with E-state index in [0.29, 0.717) is 16.7 Å². The molecule has 1 atom stereocenters. The standard InChI is InChI=1S/C20H16F4N2O2/c21-12-5-16(11-7-25-26(8-11)13(9-27)10-28)18-14-3-1-2-4-15(14)19(17(18)6-12)20(22,23)24/h1-8,13,19,27-28H,9-10H2/t19-/m0/s1. The summed E-state index contributed by atoms with van der Waals surface area (Å²) < 4.78 is 57.0. The predicted octanol–water partition coefficient (Wildman–Crippen LogP) is 3.89. The zero-order valence-electron chi connectivity index (χ0n) is 14.5. The van der Waals surface area contributed by atoms with Crippen LogP contribution in [-0.4, -0.2) is 39.4 Å². The Labute approximate surface area is 157 Å². The van der Waals surface area contributed by atoms with E-state index in [-0.39, 0.29) is 29.9 Å². The first-order valence-electron chi connectivity index (χ1n) is 8.60. The highest BCUT2D eigenvalue weighted by Gasteiger charge is 2.48. The number of rotatable bonds is 4. The van der Waals surface area contributed by atoms with Gasteiger partial charge in [0.2, 0.25) is 0 Å². The van der Waals surface area contributed by atoms with Crippen LogP contribution in [0.2, 0.25) is 0 Å². The fourth-order valence-electron chi connectivity index (χ4n) is 3.78. The van der Waals surface area contributed by atoms with Gasteiger partial charge in [0.15, 0.2) is 0 Å². The summed E-state index contributed by atoms with van der Waals surface area (Å²) in [5, 5.41) is 22.7. The molecule has 0 saturated carbocycles. The maximum absolute atomic E-state index is 14.3. The van der Waals surface area contributed by atoms with Crippen molar-refractivity contribution in [3.63, 3.8) is 0 Å². The van der Waals surface area contributed by atoms with Crippen LogP contribution in [0, 0.1) is 5.82 Å². The largest absolute Gasteiger partial charge is 0.399 e. The Bertz CT molecular complexity index is 1030. The van der Waals surface area contributed by atoms with Gasteiger partial charge in [-0.1, -0.05) is 24.3 Å². The van der Waals surface area contributed by atoms with Crippen molar-refractivity contribution in [3.8, 4) is 22.3 Å². The number of fused-ring (bicyclic) bond motifs is 3. The summed E-state index contributed by atoms with van der Waals surface area (Å²) in [6, 6.07) is 7.61. The Kier molecular flexibility index (Phi) is 4.47. The molecule has 0 spiro atoms. The first kappa shape index (κ1) is 18.6. The van der Waals surface area contributed by atoms with E-state index in [1.807, 2.05) is 0 Å². The summed E-state index contributed by atoms with van der Waals surface area (Å²) in [6.07, 6.45) is -1.69. The molecular weight excluding hydrogens is 376 g/mol. The molecule has 3 aromatic rings. The van der Waals surface area contributed by atoms with Crippen LogP contribution in [0.15, 0.2) is 48.8 Å². The molecule has 0 bridgehead atoms. The third-order valence-corrected chi connectivity index (χ3v) is 5.02. The van der Waals surface area contributed by atoms with Gasteiger partial charge >= 0.3 is 6.18 Å². The topological polar surface area (TPSA) is 58.3 Å². The highest BCUT2D eigenvalue weighted by molar-refractivity contribution is 5.91. The van der Waals surface area contributed by atoms with Crippen LogP contribution < -0.4 is 0 Å². The molecule has 146 valence electrons. The van der Waals surface area contributed by atoms with Gasteiger partial charge in [0, 0.05) is 11.8 Å². The van der Waals surface area contributed by atoms with Gasteiger partial charge in [-0.15, -0.1) is 0 Å². The minimum atomic E-state index is -4.56. The monoisotopic (exact) mass is 392 g/mol. The molecular formula is C20H16F4N2O2. The average molecular weight is 392 g/mol. The number of aliphatic hydroxyl groups excluding tert-OH is 2. The molecule has 4 nitrogen and oxygen atoms in total. The number of hydrogen-bond donors (Lipinski definition) is 2. The van der Waals surface area contributed by atoms with Gasteiger partial charge in [-0.2, -0.15) is 18.3 Å². The fraction of sp³-hybridized carbons (Fsp3) is 0.250. The lowest BCUT2D eigenvalue weighted by molar-refractivity contribution is -0.140. The second kappa shape index (κ2) is 6.72. The van der Waals surface area contributed by atoms with Gasteiger partial charge < -0.3 is 10.2 Å². The SMILES string of the molecule is OCC(CO)n1cc(-c2cc(F)cc3c2-c2ccccc2[C@@H]3C(F)(F)F)cn1. The molecule has 1 heterocycles. The highest BCUT2D eigenvalue weighted by Crippen LogP contribution is 2.54. The molecule has 1 aliphatic carbocycles. The fourth-order valence-corrected chi connectivity index (χ4v) is 3.78. The molecule has 0 radical (unpaired) electrons. The predicted molar refractivity (Wildman–Crippen MR) is 94.2 cm³/mol. The summed E-state index contributed by atoms with van der Waals surface area (Å²) >= 11 is 0. The Morgan fingerprint density at radius 1 is 1.04 bits per heavy atom. The highest BCUT2D eigenvalue weighted by atomic mass is 19.4. The molecule has 0 saturated heterocycles. The van der Waals surface area contributed by atoms with Gasteiger partial charge in [-0.25, -0.2) is 4.39 Å². The molecule has 0 amide bonds. The second-order valence-electron chi connectivity index (χ2n) is 6.71. The summed E-state index contributed by atoms with van der Waals surface area (Å²) in [5.74, 6) is -2.67. The zero-order chi connectivity index (χ0) is 20.1. The van der Waals surface area contributed by atoms with Crippen LogP contribution in [0.25, 0.3) is 22.3 Å². The van der Waals surface area contributed by atoms with Gasteiger partial charge in [0.1, 0.15) is 11.7 Å². The van der Waals surface area contributed by atoms with E-state index < -0.39 is 24.0 Å². The quantitative estimate of drug-likeness (QED) is 0.663. The second-order valence-corrected chi connectivity index (χ2v) is 6.71. The maximum atomic E-state index is 14.3. The molecule has 1 aromatic heterocycles. The van der Waals surface area contributed by atoms with Crippen LogP contribution in [0.1, 0.15) is 23.1 Å². The lowest BCUT2D eigenvalue weighted by Crippen LogP contribution is -2.20. The average Bonchev–Trinajstić information content (AvgIpc) is 3.24. The number of aromatic nitrogens is 2. The van der Waals surface area contributed by atoms with E-state index in [0.717, 1.165) is 6.07 Å². The van der Waals surface area contributed by atoms with Crippen molar-refractivity contribution >= 4 is 0 Å². The number of nitrogens with zero attached hydrogens (tertiary/aromatic N) is 2. The van der Waals surface area contributed by atoms with E-state index in [9.17, 15) is 27.8 Å².